The summed E-state index contributed by atoms with van der Waals surface area (Å²) in [5.74, 6) is 7.33. The molecule has 12 nitrogen and oxygen atoms in total. The monoisotopic (exact) mass is 1140 g/mol. The number of hydrogen-bond donors (Lipinski definition) is 0. The van der Waals surface area contributed by atoms with Crippen molar-refractivity contribution in [3.05, 3.63) is 140 Å². The Morgan fingerprint density at radius 2 is 0.756 bits per heavy atom. The van der Waals surface area contributed by atoms with E-state index in [-0.39, 0.29) is 5.41 Å². The van der Waals surface area contributed by atoms with Crippen LogP contribution in [0, 0.1) is 76.2 Å². The molecule has 12 heteroatoms. The van der Waals surface area contributed by atoms with Crippen LogP contribution in [0.1, 0.15) is 222 Å². The van der Waals surface area contributed by atoms with Gasteiger partial charge in [0.15, 0.2) is 67.0 Å². The van der Waals surface area contributed by atoms with Crippen molar-refractivity contribution < 1.29 is 53.0 Å². The van der Waals surface area contributed by atoms with Crippen LogP contribution in [-0.4, -0.2) is 0 Å². The van der Waals surface area contributed by atoms with Gasteiger partial charge in [-0.05, 0) is 76.2 Å². The average Bonchev–Trinajstić information content (AvgIpc) is 4.50. The largest absolute Gasteiger partial charge is 0.461 e. The summed E-state index contributed by atoms with van der Waals surface area (Å²) in [5, 5.41) is 0. The van der Waals surface area contributed by atoms with Crippen LogP contribution in [0.2, 0.25) is 0 Å². The fourth-order valence-corrected chi connectivity index (χ4v) is 8.41. The van der Waals surface area contributed by atoms with Crippen molar-refractivity contribution in [2.24, 2.45) is 0 Å². The molecule has 0 radical (unpaired) electrons. The molecule has 82 heavy (non-hydrogen) atoms. The van der Waals surface area contributed by atoms with Crippen molar-refractivity contribution in [2.45, 2.75) is 232 Å². The van der Waals surface area contributed by atoms with Crippen molar-refractivity contribution in [1.29, 1.82) is 0 Å². The molecule has 0 aliphatic rings. The van der Waals surface area contributed by atoms with Crippen molar-refractivity contribution in [2.75, 3.05) is 0 Å². The molecule has 456 valence electrons. The number of rotatable bonds is 3. The molecule has 0 N–H and O–H groups in total. The van der Waals surface area contributed by atoms with Gasteiger partial charge in [-0.15, -0.1) is 0 Å². The molecule has 12 heterocycles. The molecule has 0 atom stereocenters. The van der Waals surface area contributed by atoms with Gasteiger partial charge in [-0.25, -0.2) is 0 Å². The molecule has 12 aromatic rings. The predicted octanol–water partition coefficient (Wildman–Crippen LogP) is 25.3. The summed E-state index contributed by atoms with van der Waals surface area (Å²) in [6.45, 7) is 60.7. The fraction of sp³-hybridized carbons (Fsp3) is 0.486. The topological polar surface area (TPSA) is 158 Å². The Kier molecular flexibility index (Phi) is 31.2. The van der Waals surface area contributed by atoms with Gasteiger partial charge in [-0.3, -0.25) is 0 Å². The predicted molar refractivity (Wildman–Crippen MR) is 343 cm³/mol. The first-order chi connectivity index (χ1) is 39.1. The second kappa shape index (κ2) is 35.0. The Morgan fingerprint density at radius 1 is 0.366 bits per heavy atom. The van der Waals surface area contributed by atoms with Gasteiger partial charge in [-0.1, -0.05) is 132 Å². The van der Waals surface area contributed by atoms with E-state index in [2.05, 4.69) is 48.5 Å². The lowest BCUT2D eigenvalue weighted by atomic mass is 9.91. The van der Waals surface area contributed by atoms with Gasteiger partial charge >= 0.3 is 0 Å². The molecule has 0 amide bonds. The van der Waals surface area contributed by atoms with Gasteiger partial charge in [0.1, 0.15) is 40.3 Å². The van der Waals surface area contributed by atoms with E-state index in [0.717, 1.165) is 165 Å². The van der Waals surface area contributed by atoms with Gasteiger partial charge in [0.05, 0.1) is 31.3 Å². The Labute approximate surface area is 490 Å². The van der Waals surface area contributed by atoms with Crippen molar-refractivity contribution in [3.8, 4) is 0 Å². The van der Waals surface area contributed by atoms with Crippen LogP contribution in [0.25, 0.3) is 67.0 Å². The highest BCUT2D eigenvalue weighted by Gasteiger charge is 2.24. The first-order valence-corrected chi connectivity index (χ1v) is 29.9. The second-order valence-corrected chi connectivity index (χ2v) is 19.2. The van der Waals surface area contributed by atoms with Crippen molar-refractivity contribution >= 4 is 67.0 Å². The smallest absolute Gasteiger partial charge is 0.175 e. The lowest BCUT2D eigenvalue weighted by Gasteiger charge is -2.15. The summed E-state index contributed by atoms with van der Waals surface area (Å²) in [5.41, 5.74) is 19.5. The second-order valence-electron chi connectivity index (χ2n) is 19.2. The molecule has 0 bridgehead atoms. The van der Waals surface area contributed by atoms with Crippen LogP contribution in [0.4, 0.5) is 0 Å². The highest BCUT2D eigenvalue weighted by atomic mass is 16.4. The molecule has 0 aliphatic carbocycles. The van der Waals surface area contributed by atoms with Gasteiger partial charge in [-0.2, -0.15) is 0 Å². The van der Waals surface area contributed by atoms with E-state index in [1.807, 2.05) is 184 Å². The maximum atomic E-state index is 5.71. The van der Waals surface area contributed by atoms with Crippen molar-refractivity contribution in [1.82, 2.24) is 0 Å². The standard InChI is InChI=1S/C11H14O2.2C10H12O2.3C9H10O2.6C2H6/c1-7-9-8(5-6-12-9)13-10(7)11(2,3)4;1-6(2)9-7(3)10-8(12-9)4-5-11-10;1-4-8-7(3)10-9(12-8)6(2)5-11-10;1-5-4-10-9-6(2)7(3)11-8(5)9;1-5-4-8-9(10-5)6(2)7(3)11-8;1-3-7-6(2)9-8(11-7)4-5-10-9;6*1-2/h5-6H,1-4H3;4-6H,1-3H3;5H,4H2,1-3H3;2*4H,1-3H3;4-5H,3H2,1-2H3;6*1-2H3. The minimum atomic E-state index is 0.0472. The molecular formula is C70H104O12. The van der Waals surface area contributed by atoms with E-state index in [0.29, 0.717) is 5.92 Å². The van der Waals surface area contributed by atoms with Crippen LogP contribution in [0.15, 0.2) is 109 Å². The highest BCUT2D eigenvalue weighted by Crippen LogP contribution is 2.35. The van der Waals surface area contributed by atoms with Crippen LogP contribution < -0.4 is 0 Å². The first kappa shape index (κ1) is 72.9. The van der Waals surface area contributed by atoms with Crippen LogP contribution >= 0.6 is 0 Å². The molecule has 12 aromatic heterocycles. The third-order valence-electron chi connectivity index (χ3n) is 12.4. The third-order valence-corrected chi connectivity index (χ3v) is 12.4. The van der Waals surface area contributed by atoms with E-state index in [1.165, 1.54) is 0 Å². The molecule has 0 unspecified atom stereocenters. The van der Waals surface area contributed by atoms with Gasteiger partial charge in [0, 0.05) is 92.9 Å². The lowest BCUT2D eigenvalue weighted by molar-refractivity contribution is 0.426. The Bertz CT molecular complexity index is 3610. The van der Waals surface area contributed by atoms with Gasteiger partial charge in [0.25, 0.3) is 0 Å². The Balaban J connectivity index is 0.000000474. The summed E-state index contributed by atoms with van der Waals surface area (Å²) in [6.07, 6.45) is 10.3. The number of hydrogen-bond acceptors (Lipinski definition) is 12. The zero-order chi connectivity index (χ0) is 62.9. The summed E-state index contributed by atoms with van der Waals surface area (Å²) >= 11 is 0. The lowest BCUT2D eigenvalue weighted by Crippen LogP contribution is -2.10. The van der Waals surface area contributed by atoms with E-state index in [1.54, 1.807) is 31.3 Å². The van der Waals surface area contributed by atoms with Crippen LogP contribution in [0.5, 0.6) is 0 Å². The Hall–Kier alpha value is -7.08. The minimum absolute atomic E-state index is 0.0472. The van der Waals surface area contributed by atoms with E-state index in [4.69, 9.17) is 53.0 Å². The Morgan fingerprint density at radius 3 is 1.16 bits per heavy atom. The van der Waals surface area contributed by atoms with E-state index in [9.17, 15) is 0 Å². The molecule has 0 fully saturated rings. The number of fused-ring (bicyclic) bond motifs is 6. The van der Waals surface area contributed by atoms with E-state index >= 15 is 0 Å². The van der Waals surface area contributed by atoms with E-state index < -0.39 is 0 Å². The molecule has 12 rings (SSSR count). The summed E-state index contributed by atoms with van der Waals surface area (Å²) in [6, 6.07) is 7.47. The normalized spacial score (nSPS) is 10.3. The van der Waals surface area contributed by atoms with Crippen molar-refractivity contribution in [3.63, 3.8) is 0 Å². The van der Waals surface area contributed by atoms with Crippen LogP contribution in [0.3, 0.4) is 0 Å². The highest BCUT2D eigenvalue weighted by molar-refractivity contribution is 5.81. The molecule has 0 aromatic carbocycles. The molecule has 0 spiro atoms. The maximum absolute atomic E-state index is 5.71. The number of aryl methyl sites for hydroxylation is 13. The zero-order valence-corrected chi connectivity index (χ0v) is 56.1. The van der Waals surface area contributed by atoms with Gasteiger partial charge < -0.3 is 53.0 Å². The molecular weight excluding hydrogens is 1030 g/mol. The number of furan rings is 12. The zero-order valence-electron chi connectivity index (χ0n) is 56.1. The maximum Gasteiger partial charge on any atom is 0.175 e. The third kappa shape index (κ3) is 17.5. The minimum Gasteiger partial charge on any atom is -0.461 e. The SMILES string of the molecule is CC.CC.CC.CC.CC.CC.CCc1oc2c(C)coc2c1C.CCc1oc2ccoc2c1C.Cc1c(C(C)(C)C)oc2ccoc12.Cc1c(C(C)C)oc2ccoc12.Cc1cc2oc(C)c(C)c2o1.Cc1oc2c(C)coc2c1C. The quantitative estimate of drug-likeness (QED) is 0.165. The van der Waals surface area contributed by atoms with Gasteiger partial charge in [0.2, 0.25) is 0 Å². The summed E-state index contributed by atoms with van der Waals surface area (Å²) in [4.78, 5) is 0. The molecule has 0 saturated carbocycles. The molecule has 0 aliphatic heterocycles. The molecule has 0 saturated heterocycles. The first-order valence-electron chi connectivity index (χ1n) is 29.9. The fourth-order valence-electron chi connectivity index (χ4n) is 8.41. The summed E-state index contributed by atoms with van der Waals surface area (Å²) < 4.78 is 65.3. The average molecular weight is 1140 g/mol. The van der Waals surface area contributed by atoms with Crippen LogP contribution in [-0.2, 0) is 18.3 Å². The summed E-state index contributed by atoms with van der Waals surface area (Å²) in [7, 11) is 0.